The van der Waals surface area contributed by atoms with E-state index < -0.39 is 35.0 Å². The summed E-state index contributed by atoms with van der Waals surface area (Å²) in [5.74, 6) is -0.416. The molecule has 0 radical (unpaired) electrons. The van der Waals surface area contributed by atoms with Crippen molar-refractivity contribution in [2.24, 2.45) is 0 Å². The highest BCUT2D eigenvalue weighted by atomic mass is 19.4. The summed E-state index contributed by atoms with van der Waals surface area (Å²) in [5, 5.41) is 0. The van der Waals surface area contributed by atoms with Crippen molar-refractivity contribution in [1.82, 2.24) is 4.90 Å². The maximum absolute atomic E-state index is 13.9. The summed E-state index contributed by atoms with van der Waals surface area (Å²) in [6.07, 6.45) is -1.26. The number of nitrogens with zero attached hydrogens (tertiary/aromatic N) is 2. The van der Waals surface area contributed by atoms with E-state index in [0.29, 0.717) is 35.5 Å². The summed E-state index contributed by atoms with van der Waals surface area (Å²) in [6, 6.07) is 9.69. The molecule has 0 saturated heterocycles. The first-order chi connectivity index (χ1) is 21.4. The van der Waals surface area contributed by atoms with Crippen molar-refractivity contribution in [1.29, 1.82) is 0 Å². The lowest BCUT2D eigenvalue weighted by Gasteiger charge is -2.29. The van der Waals surface area contributed by atoms with Crippen molar-refractivity contribution in [2.45, 2.75) is 110 Å². The summed E-state index contributed by atoms with van der Waals surface area (Å²) in [5.41, 5.74) is 0.232. The Bertz CT molecular complexity index is 1420. The molecule has 252 valence electrons. The zero-order valence-electron chi connectivity index (χ0n) is 27.6. The lowest BCUT2D eigenvalue weighted by molar-refractivity contribution is -0.155. The van der Waals surface area contributed by atoms with Crippen molar-refractivity contribution >= 4 is 23.7 Å². The Labute approximate surface area is 269 Å². The number of alkyl halides is 3. The van der Waals surface area contributed by atoms with Gasteiger partial charge in [-0.1, -0.05) is 25.0 Å². The van der Waals surface area contributed by atoms with Crippen LogP contribution in [-0.4, -0.2) is 53.7 Å². The van der Waals surface area contributed by atoms with Gasteiger partial charge in [0.05, 0.1) is 12.0 Å². The average molecular weight is 647 g/mol. The molecule has 2 aliphatic rings. The van der Waals surface area contributed by atoms with Gasteiger partial charge in [0.1, 0.15) is 30.1 Å². The fourth-order valence-electron chi connectivity index (χ4n) is 5.85. The molecule has 8 nitrogen and oxygen atoms in total. The summed E-state index contributed by atoms with van der Waals surface area (Å²) in [6.45, 7) is 10.4. The fourth-order valence-corrected chi connectivity index (χ4v) is 5.85. The number of carbonyl (C=O) groups excluding carboxylic acids is 3. The second-order valence-electron chi connectivity index (χ2n) is 14.0. The molecule has 2 amide bonds. The highest BCUT2D eigenvalue weighted by Crippen LogP contribution is 2.42. The zero-order valence-corrected chi connectivity index (χ0v) is 27.6. The highest BCUT2D eigenvalue weighted by Gasteiger charge is 2.36. The molecular formula is C35H45F3N2O6. The third-order valence-corrected chi connectivity index (χ3v) is 7.85. The van der Waals surface area contributed by atoms with E-state index in [1.807, 2.05) is 0 Å². The number of benzene rings is 2. The molecule has 1 heterocycles. The monoisotopic (exact) mass is 646 g/mol. The minimum absolute atomic E-state index is 0.0298. The van der Waals surface area contributed by atoms with Crippen LogP contribution < -0.4 is 9.64 Å². The molecule has 1 fully saturated rings. The van der Waals surface area contributed by atoms with Gasteiger partial charge in [-0.05, 0) is 108 Å². The standard InChI is InChI=1S/C35H45F3N2O6/c1-33(2,3)45-31(42)16-17-39(32(43)46-34(4,5)6)21-30(41)40-18-15-25-20-26(12-14-29(25)40)44-22-23-11-13-27(24-9-7-8-10-24)28(19-23)35(36,37)38/h11-14,19-20,24H,7-10,15-18,21-22H2,1-6H3. The Hall–Kier alpha value is -3.76. The Morgan fingerprint density at radius 2 is 1.59 bits per heavy atom. The predicted octanol–water partition coefficient (Wildman–Crippen LogP) is 7.80. The van der Waals surface area contributed by atoms with Crippen LogP contribution in [0.3, 0.4) is 0 Å². The van der Waals surface area contributed by atoms with Gasteiger partial charge < -0.3 is 19.1 Å². The van der Waals surface area contributed by atoms with Gasteiger partial charge >= 0.3 is 18.2 Å². The van der Waals surface area contributed by atoms with E-state index in [9.17, 15) is 27.6 Å². The topological polar surface area (TPSA) is 85.4 Å². The number of anilines is 1. The maximum atomic E-state index is 13.9. The summed E-state index contributed by atoms with van der Waals surface area (Å²) in [4.78, 5) is 41.5. The number of hydrogen-bond acceptors (Lipinski definition) is 6. The minimum Gasteiger partial charge on any atom is -0.489 e. The van der Waals surface area contributed by atoms with Crippen LogP contribution in [0.2, 0.25) is 0 Å². The third-order valence-electron chi connectivity index (χ3n) is 7.85. The molecule has 2 aromatic rings. The lowest BCUT2D eigenvalue weighted by atomic mass is 9.91. The molecular weight excluding hydrogens is 601 g/mol. The van der Waals surface area contributed by atoms with Crippen LogP contribution in [0.5, 0.6) is 5.75 Å². The Kier molecular flexibility index (Phi) is 10.6. The van der Waals surface area contributed by atoms with Crippen LogP contribution in [-0.2, 0) is 38.3 Å². The first-order valence-corrected chi connectivity index (χ1v) is 15.9. The molecule has 2 aromatic carbocycles. The number of fused-ring (bicyclic) bond motifs is 1. The van der Waals surface area contributed by atoms with E-state index in [-0.39, 0.29) is 37.9 Å². The van der Waals surface area contributed by atoms with Gasteiger partial charge in [0.25, 0.3) is 0 Å². The van der Waals surface area contributed by atoms with E-state index in [1.54, 1.807) is 76.8 Å². The van der Waals surface area contributed by atoms with Gasteiger partial charge in [0, 0.05) is 18.8 Å². The molecule has 0 unspecified atom stereocenters. The van der Waals surface area contributed by atoms with Crippen LogP contribution in [0.1, 0.15) is 102 Å². The Morgan fingerprint density at radius 1 is 0.913 bits per heavy atom. The number of halogens is 3. The first kappa shape index (κ1) is 35.1. The van der Waals surface area contributed by atoms with Crippen LogP contribution in [0.25, 0.3) is 0 Å². The van der Waals surface area contributed by atoms with Crippen molar-refractivity contribution < 1.29 is 41.8 Å². The lowest BCUT2D eigenvalue weighted by Crippen LogP contribution is -2.45. The first-order valence-electron chi connectivity index (χ1n) is 15.9. The van der Waals surface area contributed by atoms with E-state index in [2.05, 4.69) is 0 Å². The van der Waals surface area contributed by atoms with Crippen molar-refractivity contribution in [3.8, 4) is 5.75 Å². The molecule has 11 heteroatoms. The second-order valence-corrected chi connectivity index (χ2v) is 14.0. The number of ether oxygens (including phenoxy) is 3. The van der Waals surface area contributed by atoms with Crippen molar-refractivity contribution in [2.75, 3.05) is 24.5 Å². The normalized spacial score (nSPS) is 15.5. The van der Waals surface area contributed by atoms with Gasteiger partial charge in [-0.3, -0.25) is 14.5 Å². The largest absolute Gasteiger partial charge is 0.489 e. The number of esters is 1. The molecule has 1 aliphatic heterocycles. The molecule has 0 N–H and O–H groups in total. The minimum atomic E-state index is -4.44. The smallest absolute Gasteiger partial charge is 0.416 e. The molecule has 0 atom stereocenters. The van der Waals surface area contributed by atoms with E-state index in [4.69, 9.17) is 14.2 Å². The number of carbonyl (C=O) groups is 3. The summed E-state index contributed by atoms with van der Waals surface area (Å²) < 4.78 is 58.5. The van der Waals surface area contributed by atoms with E-state index in [0.717, 1.165) is 31.2 Å². The average Bonchev–Trinajstić information content (AvgIpc) is 3.62. The van der Waals surface area contributed by atoms with Gasteiger partial charge in [-0.15, -0.1) is 0 Å². The molecule has 46 heavy (non-hydrogen) atoms. The van der Waals surface area contributed by atoms with Crippen LogP contribution in [0.15, 0.2) is 36.4 Å². The van der Waals surface area contributed by atoms with Gasteiger partial charge in [-0.2, -0.15) is 13.2 Å². The zero-order chi connectivity index (χ0) is 33.9. The van der Waals surface area contributed by atoms with Crippen molar-refractivity contribution in [3.05, 3.63) is 58.7 Å². The molecule has 1 aliphatic carbocycles. The summed E-state index contributed by atoms with van der Waals surface area (Å²) in [7, 11) is 0. The highest BCUT2D eigenvalue weighted by molar-refractivity contribution is 5.98. The van der Waals surface area contributed by atoms with Crippen LogP contribution >= 0.6 is 0 Å². The van der Waals surface area contributed by atoms with Gasteiger partial charge in [-0.25, -0.2) is 4.79 Å². The third kappa shape index (κ3) is 9.62. The molecule has 4 rings (SSSR count). The van der Waals surface area contributed by atoms with Crippen molar-refractivity contribution in [3.63, 3.8) is 0 Å². The molecule has 0 bridgehead atoms. The van der Waals surface area contributed by atoms with Gasteiger partial charge in [0.2, 0.25) is 5.91 Å². The Morgan fingerprint density at radius 3 is 2.22 bits per heavy atom. The maximum Gasteiger partial charge on any atom is 0.416 e. The number of rotatable bonds is 9. The quantitative estimate of drug-likeness (QED) is 0.259. The predicted molar refractivity (Wildman–Crippen MR) is 168 cm³/mol. The molecule has 1 saturated carbocycles. The van der Waals surface area contributed by atoms with E-state index >= 15 is 0 Å². The van der Waals surface area contributed by atoms with Gasteiger partial charge in [0.15, 0.2) is 0 Å². The Balaban J connectivity index is 1.42. The number of amides is 2. The number of hydrogen-bond donors (Lipinski definition) is 0. The van der Waals surface area contributed by atoms with Crippen LogP contribution in [0, 0.1) is 0 Å². The fraction of sp³-hybridized carbons (Fsp3) is 0.571. The second kappa shape index (κ2) is 13.9. The molecule has 0 aromatic heterocycles. The molecule has 0 spiro atoms. The SMILES string of the molecule is CC(C)(C)OC(=O)CCN(CC(=O)N1CCc2cc(OCc3ccc(C4CCCC4)c(C(F)(F)F)c3)ccc21)C(=O)OC(C)(C)C. The van der Waals surface area contributed by atoms with Crippen LogP contribution in [0.4, 0.5) is 23.7 Å². The van der Waals surface area contributed by atoms with E-state index in [1.165, 1.54) is 11.0 Å². The summed E-state index contributed by atoms with van der Waals surface area (Å²) >= 11 is 0.